The third-order valence-electron chi connectivity index (χ3n) is 3.68. The zero-order chi connectivity index (χ0) is 13.8. The predicted molar refractivity (Wildman–Crippen MR) is 78.9 cm³/mol. The largest absolute Gasteiger partial charge is 0.315 e. The van der Waals surface area contributed by atoms with Crippen LogP contribution in [0, 0.1) is 6.92 Å². The quantitative estimate of drug-likeness (QED) is 0.916. The van der Waals surface area contributed by atoms with Crippen LogP contribution in [-0.4, -0.2) is 46.1 Å². The average molecular weight is 271 g/mol. The Bertz CT molecular complexity index is 555. The van der Waals surface area contributed by atoms with Gasteiger partial charge in [-0.15, -0.1) is 5.10 Å². The van der Waals surface area contributed by atoms with Crippen LogP contribution < -0.4 is 5.32 Å². The molecule has 0 bridgehead atoms. The van der Waals surface area contributed by atoms with E-state index in [1.807, 2.05) is 10.9 Å². The van der Waals surface area contributed by atoms with Crippen LogP contribution >= 0.6 is 0 Å². The molecule has 0 saturated carbocycles. The molecule has 5 heteroatoms. The Morgan fingerprint density at radius 1 is 1.25 bits per heavy atom. The van der Waals surface area contributed by atoms with Crippen molar-refractivity contribution in [2.45, 2.75) is 19.9 Å². The summed E-state index contributed by atoms with van der Waals surface area (Å²) >= 11 is 0. The van der Waals surface area contributed by atoms with Crippen molar-refractivity contribution in [3.05, 3.63) is 41.7 Å². The molecule has 0 atom stereocenters. The van der Waals surface area contributed by atoms with Gasteiger partial charge in [-0.05, 0) is 44.1 Å². The van der Waals surface area contributed by atoms with Gasteiger partial charge in [0.05, 0.1) is 17.6 Å². The smallest absolute Gasteiger partial charge is 0.0786 e. The van der Waals surface area contributed by atoms with Gasteiger partial charge in [0.1, 0.15) is 0 Å². The van der Waals surface area contributed by atoms with E-state index in [1.165, 1.54) is 12.0 Å². The molecule has 0 aliphatic carbocycles. The first-order valence-electron chi connectivity index (χ1n) is 7.22. The van der Waals surface area contributed by atoms with Gasteiger partial charge in [0, 0.05) is 19.6 Å². The number of aryl methyl sites for hydroxylation is 1. The molecule has 0 amide bonds. The van der Waals surface area contributed by atoms with Crippen molar-refractivity contribution < 1.29 is 0 Å². The monoisotopic (exact) mass is 271 g/mol. The standard InChI is InChI=1S/C15H21N5/c1-13-4-2-5-14(10-13)20-15(11-17-18-20)12-19-8-3-6-16-7-9-19/h2,4-5,10-11,16H,3,6-9,12H2,1H3. The maximum atomic E-state index is 4.24. The van der Waals surface area contributed by atoms with Gasteiger partial charge < -0.3 is 5.32 Å². The van der Waals surface area contributed by atoms with Crippen LogP contribution in [0.3, 0.4) is 0 Å². The highest BCUT2D eigenvalue weighted by Gasteiger charge is 2.13. The van der Waals surface area contributed by atoms with E-state index in [0.29, 0.717) is 0 Å². The number of hydrogen-bond donors (Lipinski definition) is 1. The van der Waals surface area contributed by atoms with Gasteiger partial charge in [0.2, 0.25) is 0 Å². The van der Waals surface area contributed by atoms with E-state index in [0.717, 1.165) is 44.1 Å². The Kier molecular flexibility index (Phi) is 4.08. The van der Waals surface area contributed by atoms with Gasteiger partial charge in [0.15, 0.2) is 0 Å². The van der Waals surface area contributed by atoms with Crippen LogP contribution in [0.2, 0.25) is 0 Å². The number of hydrogen-bond acceptors (Lipinski definition) is 4. The Morgan fingerprint density at radius 3 is 3.10 bits per heavy atom. The molecule has 1 aromatic heterocycles. The van der Waals surface area contributed by atoms with E-state index < -0.39 is 0 Å². The zero-order valence-corrected chi connectivity index (χ0v) is 11.9. The molecule has 20 heavy (non-hydrogen) atoms. The van der Waals surface area contributed by atoms with Gasteiger partial charge in [0.25, 0.3) is 0 Å². The van der Waals surface area contributed by atoms with E-state index in [9.17, 15) is 0 Å². The average Bonchev–Trinajstić information content (AvgIpc) is 2.74. The van der Waals surface area contributed by atoms with Crippen LogP contribution in [0.15, 0.2) is 30.5 Å². The fraction of sp³-hybridized carbons (Fsp3) is 0.467. The third-order valence-corrected chi connectivity index (χ3v) is 3.68. The Labute approximate surface area is 119 Å². The van der Waals surface area contributed by atoms with E-state index in [4.69, 9.17) is 0 Å². The molecule has 1 fully saturated rings. The molecule has 1 saturated heterocycles. The van der Waals surface area contributed by atoms with Crippen LogP contribution in [0.1, 0.15) is 17.7 Å². The van der Waals surface area contributed by atoms with Crippen molar-refractivity contribution in [3.63, 3.8) is 0 Å². The number of nitrogens with one attached hydrogen (secondary N) is 1. The first-order chi connectivity index (χ1) is 9.83. The molecule has 2 aromatic rings. The van der Waals surface area contributed by atoms with Gasteiger partial charge >= 0.3 is 0 Å². The number of benzene rings is 1. The highest BCUT2D eigenvalue weighted by atomic mass is 15.4. The lowest BCUT2D eigenvalue weighted by atomic mass is 10.2. The fourth-order valence-corrected chi connectivity index (χ4v) is 2.63. The van der Waals surface area contributed by atoms with Gasteiger partial charge in [-0.2, -0.15) is 0 Å². The molecular weight excluding hydrogens is 250 g/mol. The summed E-state index contributed by atoms with van der Waals surface area (Å²) in [5.74, 6) is 0. The van der Waals surface area contributed by atoms with E-state index in [2.05, 4.69) is 51.7 Å². The Hall–Kier alpha value is -1.72. The second-order valence-corrected chi connectivity index (χ2v) is 5.36. The summed E-state index contributed by atoms with van der Waals surface area (Å²) in [6.07, 6.45) is 3.08. The summed E-state index contributed by atoms with van der Waals surface area (Å²) < 4.78 is 1.95. The van der Waals surface area contributed by atoms with E-state index in [1.54, 1.807) is 0 Å². The minimum Gasteiger partial charge on any atom is -0.315 e. The number of nitrogens with zero attached hydrogens (tertiary/aromatic N) is 4. The molecule has 106 valence electrons. The Balaban J connectivity index is 1.79. The second-order valence-electron chi connectivity index (χ2n) is 5.36. The molecule has 0 spiro atoms. The highest BCUT2D eigenvalue weighted by Crippen LogP contribution is 2.13. The van der Waals surface area contributed by atoms with Crippen molar-refractivity contribution >= 4 is 0 Å². The minimum absolute atomic E-state index is 0.905. The fourth-order valence-electron chi connectivity index (χ4n) is 2.63. The zero-order valence-electron chi connectivity index (χ0n) is 11.9. The third kappa shape index (κ3) is 3.05. The summed E-state index contributed by atoms with van der Waals surface area (Å²) in [4.78, 5) is 2.46. The van der Waals surface area contributed by atoms with Crippen molar-refractivity contribution in [2.75, 3.05) is 26.2 Å². The molecule has 0 unspecified atom stereocenters. The van der Waals surface area contributed by atoms with Crippen LogP contribution in [0.4, 0.5) is 0 Å². The first kappa shape index (κ1) is 13.3. The lowest BCUT2D eigenvalue weighted by Gasteiger charge is -2.19. The summed E-state index contributed by atoms with van der Waals surface area (Å²) in [6.45, 7) is 7.39. The maximum absolute atomic E-state index is 4.24. The molecule has 2 heterocycles. The second kappa shape index (κ2) is 6.15. The van der Waals surface area contributed by atoms with Crippen LogP contribution in [-0.2, 0) is 6.54 Å². The van der Waals surface area contributed by atoms with E-state index in [-0.39, 0.29) is 0 Å². The SMILES string of the molecule is Cc1cccc(-n2nncc2CN2CCCNCC2)c1. The van der Waals surface area contributed by atoms with Gasteiger partial charge in [-0.25, -0.2) is 4.68 Å². The predicted octanol–water partition coefficient (Wildman–Crippen LogP) is 1.37. The van der Waals surface area contributed by atoms with Crippen LogP contribution in [0.5, 0.6) is 0 Å². The summed E-state index contributed by atoms with van der Waals surface area (Å²) in [5.41, 5.74) is 3.48. The molecule has 1 aliphatic rings. The highest BCUT2D eigenvalue weighted by molar-refractivity contribution is 5.35. The number of rotatable bonds is 3. The van der Waals surface area contributed by atoms with Gasteiger partial charge in [-0.1, -0.05) is 17.3 Å². The lowest BCUT2D eigenvalue weighted by Crippen LogP contribution is -2.28. The maximum Gasteiger partial charge on any atom is 0.0786 e. The molecule has 3 rings (SSSR count). The van der Waals surface area contributed by atoms with Crippen LogP contribution in [0.25, 0.3) is 5.69 Å². The summed E-state index contributed by atoms with van der Waals surface area (Å²) in [6, 6.07) is 8.38. The molecule has 1 N–H and O–H groups in total. The van der Waals surface area contributed by atoms with Gasteiger partial charge in [-0.3, -0.25) is 4.90 Å². The minimum atomic E-state index is 0.905. The lowest BCUT2D eigenvalue weighted by molar-refractivity contribution is 0.278. The summed E-state index contributed by atoms with van der Waals surface area (Å²) in [5, 5.41) is 11.8. The normalized spacial score (nSPS) is 17.1. The van der Waals surface area contributed by atoms with Crippen molar-refractivity contribution in [2.24, 2.45) is 0 Å². The molecule has 0 radical (unpaired) electrons. The van der Waals surface area contributed by atoms with E-state index >= 15 is 0 Å². The Morgan fingerprint density at radius 2 is 2.20 bits per heavy atom. The molecule has 1 aliphatic heterocycles. The molecule has 1 aromatic carbocycles. The molecule has 5 nitrogen and oxygen atoms in total. The van der Waals surface area contributed by atoms with Crippen molar-refractivity contribution in [1.82, 2.24) is 25.2 Å². The topological polar surface area (TPSA) is 46.0 Å². The van der Waals surface area contributed by atoms with Crippen molar-refractivity contribution in [1.29, 1.82) is 0 Å². The number of aromatic nitrogens is 3. The summed E-state index contributed by atoms with van der Waals surface area (Å²) in [7, 11) is 0. The first-order valence-corrected chi connectivity index (χ1v) is 7.22. The van der Waals surface area contributed by atoms with Crippen molar-refractivity contribution in [3.8, 4) is 5.69 Å². The molecular formula is C15H21N5.